The van der Waals surface area contributed by atoms with Gasteiger partial charge in [-0.3, -0.25) is 9.69 Å². The van der Waals surface area contributed by atoms with E-state index < -0.39 is 0 Å². The van der Waals surface area contributed by atoms with Crippen molar-refractivity contribution in [3.8, 4) is 11.5 Å². The Morgan fingerprint density at radius 2 is 1.67 bits per heavy atom. The zero-order valence-corrected chi connectivity index (χ0v) is 21.6. The van der Waals surface area contributed by atoms with Gasteiger partial charge in [0.25, 0.3) is 5.91 Å². The van der Waals surface area contributed by atoms with Crippen LogP contribution in [0.2, 0.25) is 5.02 Å². The second-order valence-electron chi connectivity index (χ2n) is 8.99. The van der Waals surface area contributed by atoms with E-state index in [0.717, 1.165) is 36.5 Å². The maximum atomic E-state index is 12.7. The van der Waals surface area contributed by atoms with Crippen molar-refractivity contribution in [2.24, 2.45) is 0 Å². The van der Waals surface area contributed by atoms with Crippen molar-refractivity contribution >= 4 is 17.5 Å². The molecule has 1 amide bonds. The van der Waals surface area contributed by atoms with E-state index in [0.29, 0.717) is 30.5 Å². The summed E-state index contributed by atoms with van der Waals surface area (Å²) in [6, 6.07) is 23.5. The number of halogens is 1. The number of amides is 1. The Balaban J connectivity index is 1.32. The lowest BCUT2D eigenvalue weighted by Gasteiger charge is -2.36. The van der Waals surface area contributed by atoms with Crippen molar-refractivity contribution in [1.29, 1.82) is 0 Å². The third kappa shape index (κ3) is 7.47. The highest BCUT2D eigenvalue weighted by Gasteiger charge is 2.24. The number of benzene rings is 3. The second-order valence-corrected chi connectivity index (χ2v) is 9.42. The number of carbonyl (C=O) groups excluding carboxylic acids is 1. The third-order valence-corrected chi connectivity index (χ3v) is 6.61. The van der Waals surface area contributed by atoms with Crippen LogP contribution in [0.3, 0.4) is 0 Å². The summed E-state index contributed by atoms with van der Waals surface area (Å²) in [7, 11) is 1.67. The molecule has 0 saturated carbocycles. The number of aryl methyl sites for hydroxylation is 1. The van der Waals surface area contributed by atoms with Crippen LogP contribution in [0.5, 0.6) is 11.5 Å². The first kappa shape index (κ1) is 26.0. The first-order valence-corrected chi connectivity index (χ1v) is 12.6. The number of piperazine rings is 1. The van der Waals surface area contributed by atoms with Gasteiger partial charge in [0.05, 0.1) is 19.8 Å². The molecule has 0 bridgehead atoms. The smallest absolute Gasteiger partial charge is 0.260 e. The van der Waals surface area contributed by atoms with Crippen LogP contribution >= 0.6 is 11.6 Å². The van der Waals surface area contributed by atoms with Crippen LogP contribution in [-0.2, 0) is 16.1 Å². The minimum Gasteiger partial charge on any atom is -0.497 e. The number of hydrogen-bond acceptors (Lipinski definition) is 5. The van der Waals surface area contributed by atoms with Crippen LogP contribution in [-0.4, -0.2) is 62.1 Å². The van der Waals surface area contributed by atoms with Crippen LogP contribution < -0.4 is 9.47 Å². The van der Waals surface area contributed by atoms with Crippen LogP contribution in [0.1, 0.15) is 22.8 Å². The zero-order valence-electron chi connectivity index (χ0n) is 20.9. The van der Waals surface area contributed by atoms with Gasteiger partial charge in [-0.15, -0.1) is 0 Å². The maximum absolute atomic E-state index is 12.7. The summed E-state index contributed by atoms with van der Waals surface area (Å²) in [5.41, 5.74) is 3.45. The zero-order chi connectivity index (χ0) is 25.3. The molecule has 7 heteroatoms. The topological polar surface area (TPSA) is 51.2 Å². The average molecular weight is 509 g/mol. The number of rotatable bonds is 10. The highest BCUT2D eigenvalue weighted by Crippen LogP contribution is 2.25. The van der Waals surface area contributed by atoms with Gasteiger partial charge in [0.15, 0.2) is 6.61 Å². The molecule has 1 aliphatic rings. The number of methoxy groups -OCH3 is 1. The molecule has 3 aromatic rings. The molecule has 1 aliphatic heterocycles. The number of hydrogen-bond donors (Lipinski definition) is 0. The molecule has 190 valence electrons. The van der Waals surface area contributed by atoms with E-state index in [2.05, 4.69) is 42.2 Å². The number of ether oxygens (including phenoxy) is 3. The summed E-state index contributed by atoms with van der Waals surface area (Å²) < 4.78 is 17.5. The quantitative estimate of drug-likeness (QED) is 0.379. The molecular formula is C29H33ClN2O4. The van der Waals surface area contributed by atoms with Crippen molar-refractivity contribution in [3.05, 3.63) is 94.5 Å². The Kier molecular flexibility index (Phi) is 9.23. The molecule has 0 aliphatic carbocycles. The molecular weight excluding hydrogens is 476 g/mol. The van der Waals surface area contributed by atoms with Crippen molar-refractivity contribution in [2.75, 3.05) is 46.4 Å². The highest BCUT2D eigenvalue weighted by atomic mass is 35.5. The lowest BCUT2D eigenvalue weighted by Crippen LogP contribution is -2.50. The lowest BCUT2D eigenvalue weighted by molar-refractivity contribution is -0.135. The van der Waals surface area contributed by atoms with Gasteiger partial charge in [-0.05, 0) is 54.4 Å². The van der Waals surface area contributed by atoms with E-state index in [-0.39, 0.29) is 18.6 Å². The monoisotopic (exact) mass is 508 g/mol. The van der Waals surface area contributed by atoms with Gasteiger partial charge in [0.2, 0.25) is 0 Å². The van der Waals surface area contributed by atoms with E-state index in [1.807, 2.05) is 23.1 Å². The predicted octanol–water partition coefficient (Wildman–Crippen LogP) is 5.14. The Bertz CT molecular complexity index is 1110. The molecule has 6 nitrogen and oxygen atoms in total. The van der Waals surface area contributed by atoms with Crippen molar-refractivity contribution in [2.45, 2.75) is 19.6 Å². The molecule has 1 fully saturated rings. The van der Waals surface area contributed by atoms with E-state index >= 15 is 0 Å². The van der Waals surface area contributed by atoms with Crippen LogP contribution in [0.4, 0.5) is 0 Å². The Labute approximate surface area is 218 Å². The summed E-state index contributed by atoms with van der Waals surface area (Å²) in [5.74, 6) is 1.44. The van der Waals surface area contributed by atoms with E-state index in [1.165, 1.54) is 5.56 Å². The molecule has 0 unspecified atom stereocenters. The van der Waals surface area contributed by atoms with Gasteiger partial charge in [0, 0.05) is 37.7 Å². The fourth-order valence-corrected chi connectivity index (χ4v) is 4.28. The van der Waals surface area contributed by atoms with Gasteiger partial charge >= 0.3 is 0 Å². The Hall–Kier alpha value is -3.06. The first-order valence-electron chi connectivity index (χ1n) is 12.2. The highest BCUT2D eigenvalue weighted by molar-refractivity contribution is 6.30. The van der Waals surface area contributed by atoms with E-state index in [1.54, 1.807) is 31.4 Å². The van der Waals surface area contributed by atoms with Crippen LogP contribution in [0.15, 0.2) is 72.8 Å². The second kappa shape index (κ2) is 12.8. The normalized spacial score (nSPS) is 14.9. The molecule has 1 atom stereocenters. The molecule has 1 heterocycles. The molecule has 0 N–H and O–H groups in total. The molecule has 36 heavy (non-hydrogen) atoms. The number of carbonyl (C=O) groups is 1. The third-order valence-electron chi connectivity index (χ3n) is 6.36. The summed E-state index contributed by atoms with van der Waals surface area (Å²) in [6.07, 6.45) is -0.114. The molecule has 0 aromatic heterocycles. The number of nitrogens with zero attached hydrogens (tertiary/aromatic N) is 2. The van der Waals surface area contributed by atoms with Gasteiger partial charge in [-0.2, -0.15) is 0 Å². The predicted molar refractivity (Wildman–Crippen MR) is 142 cm³/mol. The molecule has 1 saturated heterocycles. The summed E-state index contributed by atoms with van der Waals surface area (Å²) in [4.78, 5) is 16.9. The lowest BCUT2D eigenvalue weighted by atomic mass is 10.1. The first-order chi connectivity index (χ1) is 17.5. The SMILES string of the molecule is COc1cccc([C@@H](CN2CCN(C(=O)COc3ccc(Cl)cc3)CC2)OCc2ccc(C)cc2)c1. The molecule has 4 rings (SSSR count). The minimum absolute atomic E-state index is 0.00966. The van der Waals surface area contributed by atoms with Gasteiger partial charge in [-0.1, -0.05) is 53.6 Å². The van der Waals surface area contributed by atoms with Gasteiger partial charge < -0.3 is 19.1 Å². The Morgan fingerprint density at radius 3 is 2.36 bits per heavy atom. The largest absolute Gasteiger partial charge is 0.497 e. The molecule has 3 aromatic carbocycles. The fourth-order valence-electron chi connectivity index (χ4n) is 4.16. The maximum Gasteiger partial charge on any atom is 0.260 e. The molecule has 0 radical (unpaired) electrons. The Morgan fingerprint density at radius 1 is 0.944 bits per heavy atom. The summed E-state index contributed by atoms with van der Waals surface area (Å²) in [6.45, 7) is 6.25. The van der Waals surface area contributed by atoms with E-state index in [9.17, 15) is 4.79 Å². The van der Waals surface area contributed by atoms with Crippen molar-refractivity contribution in [1.82, 2.24) is 9.80 Å². The van der Waals surface area contributed by atoms with Gasteiger partial charge in [0.1, 0.15) is 11.5 Å². The van der Waals surface area contributed by atoms with Crippen LogP contribution in [0.25, 0.3) is 0 Å². The van der Waals surface area contributed by atoms with Crippen molar-refractivity contribution < 1.29 is 19.0 Å². The molecule has 0 spiro atoms. The summed E-state index contributed by atoms with van der Waals surface area (Å²) in [5, 5.41) is 0.639. The van der Waals surface area contributed by atoms with Gasteiger partial charge in [-0.25, -0.2) is 0 Å². The standard InChI is InChI=1S/C29H33ClN2O4/c1-22-6-8-23(9-7-22)20-36-28(24-4-3-5-27(18-24)34-2)19-31-14-16-32(17-15-31)29(33)21-35-26-12-10-25(30)11-13-26/h3-13,18,28H,14-17,19-21H2,1-2H3/t28-/m1/s1. The summed E-state index contributed by atoms with van der Waals surface area (Å²) >= 11 is 5.91. The van der Waals surface area contributed by atoms with Crippen LogP contribution in [0, 0.1) is 6.92 Å². The van der Waals surface area contributed by atoms with Crippen molar-refractivity contribution in [3.63, 3.8) is 0 Å². The average Bonchev–Trinajstić information content (AvgIpc) is 2.92. The van der Waals surface area contributed by atoms with E-state index in [4.69, 9.17) is 25.8 Å². The fraction of sp³-hybridized carbons (Fsp3) is 0.345. The minimum atomic E-state index is -0.114.